The molecule has 2 rings (SSSR count). The zero-order valence-corrected chi connectivity index (χ0v) is 13.3. The van der Waals surface area contributed by atoms with E-state index in [1.807, 2.05) is 0 Å². The summed E-state index contributed by atoms with van der Waals surface area (Å²) in [6.07, 6.45) is 4.55. The Bertz CT molecular complexity index is 524. The Morgan fingerprint density at radius 2 is 1.95 bits per heavy atom. The Morgan fingerprint density at radius 1 is 1.30 bits per heavy atom. The molecule has 1 aliphatic carbocycles. The van der Waals surface area contributed by atoms with Crippen molar-refractivity contribution < 1.29 is 9.18 Å². The second-order valence-corrected chi connectivity index (χ2v) is 6.47. The number of carbonyl (C=O) groups is 1. The van der Waals surface area contributed by atoms with E-state index in [1.54, 1.807) is 6.07 Å². The molecule has 1 aromatic rings. The van der Waals surface area contributed by atoms with Crippen LogP contribution in [0.4, 0.5) is 4.39 Å². The average molecular weight is 359 g/mol. The first-order chi connectivity index (χ1) is 9.43. The van der Waals surface area contributed by atoms with Gasteiger partial charge in [0.2, 0.25) is 0 Å². The molecule has 3 N–H and O–H groups in total. The van der Waals surface area contributed by atoms with Gasteiger partial charge in [0.05, 0.1) is 10.5 Å². The van der Waals surface area contributed by atoms with Gasteiger partial charge in [-0.3, -0.25) is 4.79 Å². The van der Waals surface area contributed by atoms with Gasteiger partial charge in [0.15, 0.2) is 0 Å². The molecule has 0 spiro atoms. The molecule has 108 valence electrons. The highest BCUT2D eigenvalue weighted by molar-refractivity contribution is 9.10. The highest BCUT2D eigenvalue weighted by atomic mass is 79.9. The number of nitrogens with one attached hydrogen (secondary N) is 1. The first-order valence-electron chi connectivity index (χ1n) is 6.51. The molecule has 1 saturated carbocycles. The number of thiocarbonyl (C=S) groups is 1. The normalized spacial score (nSPS) is 17.5. The van der Waals surface area contributed by atoms with Gasteiger partial charge in [-0.15, -0.1) is 0 Å². The van der Waals surface area contributed by atoms with Gasteiger partial charge in [0.1, 0.15) is 5.82 Å². The first kappa shape index (κ1) is 15.4. The SMILES string of the molecule is NC(=S)C1(NC(=O)c2cc(F)cc(Br)c2)CCCCC1. The van der Waals surface area contributed by atoms with E-state index in [0.717, 1.165) is 32.1 Å². The van der Waals surface area contributed by atoms with Crippen molar-refractivity contribution in [2.45, 2.75) is 37.6 Å². The van der Waals surface area contributed by atoms with Crippen LogP contribution < -0.4 is 11.1 Å². The topological polar surface area (TPSA) is 55.1 Å². The van der Waals surface area contributed by atoms with Crippen LogP contribution in [-0.4, -0.2) is 16.4 Å². The molecule has 0 bridgehead atoms. The molecule has 1 aromatic carbocycles. The quantitative estimate of drug-likeness (QED) is 0.815. The fraction of sp³-hybridized carbons (Fsp3) is 0.429. The lowest BCUT2D eigenvalue weighted by atomic mass is 9.81. The second-order valence-electron chi connectivity index (χ2n) is 5.12. The minimum Gasteiger partial charge on any atom is -0.391 e. The lowest BCUT2D eigenvalue weighted by molar-refractivity contribution is 0.0908. The summed E-state index contributed by atoms with van der Waals surface area (Å²) in [7, 11) is 0. The molecule has 0 saturated heterocycles. The van der Waals surface area contributed by atoms with Crippen LogP contribution in [0.3, 0.4) is 0 Å². The zero-order valence-electron chi connectivity index (χ0n) is 10.9. The number of rotatable bonds is 3. The maximum Gasteiger partial charge on any atom is 0.252 e. The van der Waals surface area contributed by atoms with Crippen LogP contribution in [-0.2, 0) is 0 Å². The predicted octanol–water partition coefficient (Wildman–Crippen LogP) is 3.31. The van der Waals surface area contributed by atoms with E-state index in [9.17, 15) is 9.18 Å². The third-order valence-corrected chi connectivity index (χ3v) is 4.50. The number of halogens is 2. The number of amides is 1. The van der Waals surface area contributed by atoms with Gasteiger partial charge in [0, 0.05) is 10.0 Å². The summed E-state index contributed by atoms with van der Waals surface area (Å²) >= 11 is 8.31. The van der Waals surface area contributed by atoms with Crippen molar-refractivity contribution in [3.8, 4) is 0 Å². The Hall–Kier alpha value is -1.01. The third kappa shape index (κ3) is 3.35. The van der Waals surface area contributed by atoms with E-state index in [-0.39, 0.29) is 11.5 Å². The van der Waals surface area contributed by atoms with Gasteiger partial charge < -0.3 is 11.1 Å². The molecule has 1 fully saturated rings. The van der Waals surface area contributed by atoms with Gasteiger partial charge in [0.25, 0.3) is 5.91 Å². The van der Waals surface area contributed by atoms with Crippen molar-refractivity contribution in [3.63, 3.8) is 0 Å². The molecule has 0 aliphatic heterocycles. The highest BCUT2D eigenvalue weighted by Gasteiger charge is 2.36. The van der Waals surface area contributed by atoms with Crippen LogP contribution in [0.1, 0.15) is 42.5 Å². The molecule has 0 atom stereocenters. The minimum absolute atomic E-state index is 0.262. The molecule has 0 unspecified atom stereocenters. The molecule has 0 radical (unpaired) electrons. The smallest absolute Gasteiger partial charge is 0.252 e. The molecular formula is C14H16BrFN2OS. The van der Waals surface area contributed by atoms with Crippen molar-refractivity contribution in [1.82, 2.24) is 5.32 Å². The standard InChI is InChI=1S/C14H16BrFN2OS/c15-10-6-9(7-11(16)8-10)12(19)18-14(13(17)20)4-2-1-3-5-14/h6-8H,1-5H2,(H2,17,20)(H,18,19). The summed E-state index contributed by atoms with van der Waals surface area (Å²) < 4.78 is 13.9. The van der Waals surface area contributed by atoms with Gasteiger partial charge in [-0.05, 0) is 31.0 Å². The fourth-order valence-electron chi connectivity index (χ4n) is 2.56. The number of benzene rings is 1. The second kappa shape index (κ2) is 6.18. The maximum atomic E-state index is 13.4. The molecular weight excluding hydrogens is 343 g/mol. The summed E-state index contributed by atoms with van der Waals surface area (Å²) in [6.45, 7) is 0. The van der Waals surface area contributed by atoms with Crippen LogP contribution in [0.5, 0.6) is 0 Å². The van der Waals surface area contributed by atoms with Crippen LogP contribution in [0, 0.1) is 5.82 Å². The summed E-state index contributed by atoms with van der Waals surface area (Å²) in [6, 6.07) is 4.09. The molecule has 0 aromatic heterocycles. The molecule has 6 heteroatoms. The van der Waals surface area contributed by atoms with Crippen molar-refractivity contribution in [3.05, 3.63) is 34.1 Å². The first-order valence-corrected chi connectivity index (χ1v) is 7.72. The van der Waals surface area contributed by atoms with Crippen LogP contribution in [0.15, 0.2) is 22.7 Å². The molecule has 1 aliphatic rings. The average Bonchev–Trinajstić information content (AvgIpc) is 2.38. The molecule has 1 amide bonds. The summed E-state index contributed by atoms with van der Waals surface area (Å²) in [5.74, 6) is -0.808. The van der Waals surface area contributed by atoms with Crippen molar-refractivity contribution in [1.29, 1.82) is 0 Å². The Morgan fingerprint density at radius 3 is 2.50 bits per heavy atom. The van der Waals surface area contributed by atoms with Gasteiger partial charge >= 0.3 is 0 Å². The third-order valence-electron chi connectivity index (χ3n) is 3.66. The minimum atomic E-state index is -0.635. The Balaban J connectivity index is 2.22. The van der Waals surface area contributed by atoms with Gasteiger partial charge in [-0.25, -0.2) is 4.39 Å². The zero-order chi connectivity index (χ0) is 14.8. The van der Waals surface area contributed by atoms with Crippen molar-refractivity contribution in [2.24, 2.45) is 5.73 Å². The van der Waals surface area contributed by atoms with E-state index in [2.05, 4.69) is 21.2 Å². The van der Waals surface area contributed by atoms with E-state index < -0.39 is 11.4 Å². The lowest BCUT2D eigenvalue weighted by Gasteiger charge is -2.37. The number of hydrogen-bond acceptors (Lipinski definition) is 2. The summed E-state index contributed by atoms with van der Waals surface area (Å²) in [5.41, 5.74) is 5.45. The van der Waals surface area contributed by atoms with E-state index in [0.29, 0.717) is 9.46 Å². The highest BCUT2D eigenvalue weighted by Crippen LogP contribution is 2.29. The largest absolute Gasteiger partial charge is 0.391 e. The van der Waals surface area contributed by atoms with Gasteiger partial charge in [-0.1, -0.05) is 47.4 Å². The monoisotopic (exact) mass is 358 g/mol. The Kier molecular flexibility index (Phi) is 4.75. The molecule has 0 heterocycles. The van der Waals surface area contributed by atoms with Gasteiger partial charge in [-0.2, -0.15) is 0 Å². The maximum absolute atomic E-state index is 13.4. The van der Waals surface area contributed by atoms with E-state index in [1.165, 1.54) is 12.1 Å². The lowest BCUT2D eigenvalue weighted by Crippen LogP contribution is -2.57. The summed E-state index contributed by atoms with van der Waals surface area (Å²) in [4.78, 5) is 12.6. The number of nitrogens with two attached hydrogens (primary N) is 1. The van der Waals surface area contributed by atoms with Crippen molar-refractivity contribution >= 4 is 39.0 Å². The number of hydrogen-bond donors (Lipinski definition) is 2. The fourth-order valence-corrected chi connectivity index (χ4v) is 3.28. The predicted molar refractivity (Wildman–Crippen MR) is 84.2 cm³/mol. The van der Waals surface area contributed by atoms with E-state index in [4.69, 9.17) is 18.0 Å². The van der Waals surface area contributed by atoms with Crippen LogP contribution in [0.2, 0.25) is 0 Å². The van der Waals surface area contributed by atoms with E-state index >= 15 is 0 Å². The Labute approximate surface area is 131 Å². The van der Waals surface area contributed by atoms with Crippen LogP contribution in [0.25, 0.3) is 0 Å². The molecule has 3 nitrogen and oxygen atoms in total. The van der Waals surface area contributed by atoms with Crippen molar-refractivity contribution in [2.75, 3.05) is 0 Å². The van der Waals surface area contributed by atoms with Crippen LogP contribution >= 0.6 is 28.1 Å². The summed E-state index contributed by atoms with van der Waals surface area (Å²) in [5, 5.41) is 2.91. The number of carbonyl (C=O) groups excluding carboxylic acids is 1. The molecule has 20 heavy (non-hydrogen) atoms.